The van der Waals surface area contributed by atoms with Crippen molar-refractivity contribution in [2.75, 3.05) is 6.54 Å². The number of benzene rings is 1. The van der Waals surface area contributed by atoms with E-state index in [1.165, 1.54) is 10.6 Å². The van der Waals surface area contributed by atoms with E-state index in [1.54, 1.807) is 6.92 Å². The van der Waals surface area contributed by atoms with Gasteiger partial charge in [0, 0.05) is 12.7 Å². The quantitative estimate of drug-likeness (QED) is 0.466. The number of fused-ring (bicyclic) bond motifs is 3. The van der Waals surface area contributed by atoms with Crippen molar-refractivity contribution < 1.29 is 0 Å². The highest BCUT2D eigenvalue weighted by atomic mass is 32.1. The number of hydrogen-bond acceptors (Lipinski definition) is 5. The van der Waals surface area contributed by atoms with Gasteiger partial charge in [-0.2, -0.15) is 5.26 Å². The molecule has 0 fully saturated rings. The van der Waals surface area contributed by atoms with Crippen molar-refractivity contribution in [2.45, 2.75) is 20.3 Å². The summed E-state index contributed by atoms with van der Waals surface area (Å²) in [7, 11) is 0. The summed E-state index contributed by atoms with van der Waals surface area (Å²) in [5.74, 6) is 0. The number of hydrazine groups is 1. The zero-order valence-corrected chi connectivity index (χ0v) is 15.3. The summed E-state index contributed by atoms with van der Waals surface area (Å²) >= 11 is 5.13. The van der Waals surface area contributed by atoms with E-state index >= 15 is 0 Å². The molecule has 3 aromatic rings. The van der Waals surface area contributed by atoms with Crippen LogP contribution in [0.25, 0.3) is 22.9 Å². The molecule has 0 bridgehead atoms. The summed E-state index contributed by atoms with van der Waals surface area (Å²) in [6.45, 7) is 4.53. The number of rotatable bonds is 4. The maximum absolute atomic E-state index is 13.0. The number of hydrogen-bond donors (Lipinski definition) is 3. The van der Waals surface area contributed by atoms with Crippen molar-refractivity contribution in [1.82, 2.24) is 25.6 Å². The van der Waals surface area contributed by atoms with Gasteiger partial charge in [-0.05, 0) is 43.3 Å². The van der Waals surface area contributed by atoms with Crippen molar-refractivity contribution >= 4 is 40.2 Å². The fourth-order valence-corrected chi connectivity index (χ4v) is 2.90. The van der Waals surface area contributed by atoms with Crippen LogP contribution in [0.4, 0.5) is 0 Å². The molecule has 2 aromatic heterocycles. The van der Waals surface area contributed by atoms with E-state index in [0.29, 0.717) is 38.1 Å². The molecule has 8 heteroatoms. The molecular formula is C18H18N6OS. The van der Waals surface area contributed by atoms with Gasteiger partial charge in [0.15, 0.2) is 10.8 Å². The van der Waals surface area contributed by atoms with Gasteiger partial charge in [-0.15, -0.1) is 0 Å². The van der Waals surface area contributed by atoms with Crippen LogP contribution in [0.15, 0.2) is 29.1 Å². The van der Waals surface area contributed by atoms with E-state index in [9.17, 15) is 10.1 Å². The Morgan fingerprint density at radius 3 is 2.92 bits per heavy atom. The van der Waals surface area contributed by atoms with Gasteiger partial charge in [-0.3, -0.25) is 14.6 Å². The third-order valence-corrected chi connectivity index (χ3v) is 4.29. The van der Waals surface area contributed by atoms with Gasteiger partial charge >= 0.3 is 0 Å². The maximum Gasteiger partial charge on any atom is 0.265 e. The number of thiocarbonyl (C=S) groups is 1. The van der Waals surface area contributed by atoms with Crippen LogP contribution in [0, 0.1) is 18.3 Å². The Balaban J connectivity index is 2.13. The zero-order chi connectivity index (χ0) is 18.7. The first-order valence-electron chi connectivity index (χ1n) is 8.22. The van der Waals surface area contributed by atoms with Crippen LogP contribution in [0.2, 0.25) is 0 Å². The molecule has 0 saturated heterocycles. The number of pyridine rings is 1. The number of nitrogens with one attached hydrogen (secondary N) is 3. The van der Waals surface area contributed by atoms with Gasteiger partial charge < -0.3 is 10.7 Å². The lowest BCUT2D eigenvalue weighted by molar-refractivity contribution is 0.778. The number of nitrogens with zero attached hydrogens (tertiary/aromatic N) is 3. The summed E-state index contributed by atoms with van der Waals surface area (Å²) < 4.78 is 1.47. The molecule has 132 valence electrons. The van der Waals surface area contributed by atoms with Crippen molar-refractivity contribution in [1.29, 1.82) is 5.26 Å². The molecule has 0 aliphatic rings. The fraction of sp³-hybridized carbons (Fsp3) is 0.222. The minimum Gasteiger partial charge on any atom is -0.361 e. The third-order valence-electron chi connectivity index (χ3n) is 4.05. The first-order valence-corrected chi connectivity index (χ1v) is 8.62. The molecule has 3 rings (SSSR count). The van der Waals surface area contributed by atoms with Gasteiger partial charge in [-0.25, -0.2) is 4.98 Å². The van der Waals surface area contributed by atoms with Gasteiger partial charge in [0.1, 0.15) is 6.07 Å². The molecule has 1 aromatic carbocycles. The van der Waals surface area contributed by atoms with Crippen LogP contribution in [0.3, 0.4) is 0 Å². The van der Waals surface area contributed by atoms with E-state index < -0.39 is 0 Å². The van der Waals surface area contributed by atoms with E-state index in [2.05, 4.69) is 27.2 Å². The van der Waals surface area contributed by atoms with E-state index in [4.69, 9.17) is 12.2 Å². The molecule has 0 saturated carbocycles. The molecule has 0 aliphatic carbocycles. The van der Waals surface area contributed by atoms with Crippen molar-refractivity contribution in [2.24, 2.45) is 0 Å². The average molecular weight is 366 g/mol. The molecule has 0 spiro atoms. The highest BCUT2D eigenvalue weighted by molar-refractivity contribution is 7.80. The summed E-state index contributed by atoms with van der Waals surface area (Å²) in [6.07, 6.45) is 2.47. The lowest BCUT2D eigenvalue weighted by atomic mass is 10.1. The first kappa shape index (κ1) is 17.6. The van der Waals surface area contributed by atoms with Crippen LogP contribution < -0.4 is 26.9 Å². The Bertz CT molecular complexity index is 1140. The molecule has 0 atom stereocenters. The molecule has 0 radical (unpaired) electrons. The SMILES string of the molecule is CCCNC(=S)NNC=c1c(C)c(C#N)c2nc3ccccc3n2c1=O. The van der Waals surface area contributed by atoms with Crippen LogP contribution >= 0.6 is 12.2 Å². The number of nitriles is 1. The average Bonchev–Trinajstić information content (AvgIpc) is 3.02. The summed E-state index contributed by atoms with van der Waals surface area (Å²) in [4.78, 5) is 17.5. The number of aromatic nitrogens is 2. The predicted molar refractivity (Wildman–Crippen MR) is 105 cm³/mol. The lowest BCUT2D eigenvalue weighted by Crippen LogP contribution is -2.44. The van der Waals surface area contributed by atoms with Crippen LogP contribution in [0.1, 0.15) is 24.5 Å². The van der Waals surface area contributed by atoms with Crippen molar-refractivity contribution in [3.63, 3.8) is 0 Å². The Morgan fingerprint density at radius 2 is 2.19 bits per heavy atom. The second kappa shape index (κ2) is 7.37. The van der Waals surface area contributed by atoms with E-state index in [-0.39, 0.29) is 5.56 Å². The molecule has 7 nitrogen and oxygen atoms in total. The lowest BCUT2D eigenvalue weighted by Gasteiger charge is -2.09. The summed E-state index contributed by atoms with van der Waals surface area (Å²) in [6, 6.07) is 9.48. The third kappa shape index (κ3) is 3.05. The largest absolute Gasteiger partial charge is 0.361 e. The highest BCUT2D eigenvalue weighted by Gasteiger charge is 2.15. The monoisotopic (exact) mass is 366 g/mol. The molecule has 0 amide bonds. The minimum atomic E-state index is -0.244. The fourth-order valence-electron chi connectivity index (χ4n) is 2.74. The first-order chi connectivity index (χ1) is 12.6. The zero-order valence-electron chi connectivity index (χ0n) is 14.5. The Morgan fingerprint density at radius 1 is 1.42 bits per heavy atom. The smallest absolute Gasteiger partial charge is 0.265 e. The van der Waals surface area contributed by atoms with E-state index in [1.807, 2.05) is 31.2 Å². The number of imidazole rings is 1. The molecule has 0 aliphatic heterocycles. The molecule has 2 heterocycles. The second-order valence-electron chi connectivity index (χ2n) is 5.76. The maximum atomic E-state index is 13.0. The second-order valence-corrected chi connectivity index (χ2v) is 6.17. The van der Waals surface area contributed by atoms with Crippen LogP contribution in [-0.2, 0) is 0 Å². The summed E-state index contributed by atoms with van der Waals surface area (Å²) in [5.41, 5.74) is 8.06. The summed E-state index contributed by atoms with van der Waals surface area (Å²) in [5, 5.41) is 13.4. The standard InChI is InChI=1S/C18H18N6OS/c1-3-8-20-18(26)23-21-10-13-11(2)12(9-19)16-22-14-6-4-5-7-15(14)24(16)17(13)25/h4-7,10,21H,3,8H2,1-2H3,(H2,20,23,26). The molecular weight excluding hydrogens is 348 g/mol. The Labute approximate surface area is 155 Å². The van der Waals surface area contributed by atoms with Gasteiger partial charge in [0.2, 0.25) is 0 Å². The van der Waals surface area contributed by atoms with Gasteiger partial charge in [0.25, 0.3) is 5.56 Å². The molecule has 3 N–H and O–H groups in total. The highest BCUT2D eigenvalue weighted by Crippen LogP contribution is 2.17. The Kier molecular flexibility index (Phi) is 5.00. The normalized spacial score (nSPS) is 11.5. The molecule has 26 heavy (non-hydrogen) atoms. The topological polar surface area (TPSA) is 94.2 Å². The van der Waals surface area contributed by atoms with Crippen LogP contribution in [0.5, 0.6) is 0 Å². The minimum absolute atomic E-state index is 0.244. The Hall–Kier alpha value is -3.18. The van der Waals surface area contributed by atoms with Crippen LogP contribution in [-0.4, -0.2) is 21.0 Å². The van der Waals surface area contributed by atoms with Crippen molar-refractivity contribution in [3.05, 3.63) is 51.0 Å². The van der Waals surface area contributed by atoms with Gasteiger partial charge in [-0.1, -0.05) is 19.1 Å². The molecule has 0 unspecified atom stereocenters. The predicted octanol–water partition coefficient (Wildman–Crippen LogP) is 0.863. The van der Waals surface area contributed by atoms with Crippen molar-refractivity contribution in [3.8, 4) is 6.07 Å². The van der Waals surface area contributed by atoms with Gasteiger partial charge in [0.05, 0.1) is 21.8 Å². The number of para-hydroxylation sites is 2. The van der Waals surface area contributed by atoms with E-state index in [0.717, 1.165) is 13.0 Å².